The van der Waals surface area contributed by atoms with Crippen LogP contribution in [0.4, 0.5) is 0 Å². The van der Waals surface area contributed by atoms with E-state index < -0.39 is 5.97 Å². The second-order valence-corrected chi connectivity index (χ2v) is 6.97. The summed E-state index contributed by atoms with van der Waals surface area (Å²) in [6.07, 6.45) is 5.64. The zero-order valence-corrected chi connectivity index (χ0v) is 15.5. The van der Waals surface area contributed by atoms with Crippen molar-refractivity contribution in [2.24, 2.45) is 0 Å². The van der Waals surface area contributed by atoms with Gasteiger partial charge in [-0.1, -0.05) is 42.5 Å². The summed E-state index contributed by atoms with van der Waals surface area (Å²) < 4.78 is 0. The standard InChI is InChI=1S/C24H17N3O2/c28-23(29)11-15-6-8-16(9-7-15)21-14-27-24-20(21)12-17(13-26-24)18-3-1-5-22-19(18)4-2-10-25-22/h1-10,12-14H,11H2,(H,26,27)(H,28,29). The van der Waals surface area contributed by atoms with Gasteiger partial charge >= 0.3 is 5.97 Å². The first kappa shape index (κ1) is 17.1. The van der Waals surface area contributed by atoms with Gasteiger partial charge in [0, 0.05) is 40.5 Å². The average molecular weight is 379 g/mol. The Labute approximate surface area is 166 Å². The molecule has 0 unspecified atom stereocenters. The van der Waals surface area contributed by atoms with Crippen molar-refractivity contribution in [3.63, 3.8) is 0 Å². The lowest BCUT2D eigenvalue weighted by atomic mass is 9.99. The number of hydrogen-bond donors (Lipinski definition) is 2. The molecule has 0 fully saturated rings. The Morgan fingerprint density at radius 2 is 1.76 bits per heavy atom. The number of carboxylic acids is 1. The summed E-state index contributed by atoms with van der Waals surface area (Å²) in [5.41, 5.74) is 6.72. The van der Waals surface area contributed by atoms with E-state index in [1.807, 2.05) is 54.9 Å². The smallest absolute Gasteiger partial charge is 0.307 e. The fourth-order valence-corrected chi connectivity index (χ4v) is 3.72. The summed E-state index contributed by atoms with van der Waals surface area (Å²) in [5.74, 6) is -0.830. The molecule has 3 heterocycles. The maximum atomic E-state index is 10.9. The highest BCUT2D eigenvalue weighted by Gasteiger charge is 2.11. The number of aromatic nitrogens is 3. The van der Waals surface area contributed by atoms with Gasteiger partial charge in [-0.25, -0.2) is 4.98 Å². The SMILES string of the molecule is O=C(O)Cc1ccc(-c2c[nH]c3ncc(-c4cccc5ncccc45)cc23)cc1. The van der Waals surface area contributed by atoms with Gasteiger partial charge in [0.2, 0.25) is 0 Å². The topological polar surface area (TPSA) is 78.9 Å². The van der Waals surface area contributed by atoms with Crippen LogP contribution in [0, 0.1) is 0 Å². The number of benzene rings is 2. The second-order valence-electron chi connectivity index (χ2n) is 6.97. The number of pyridine rings is 2. The molecule has 0 bridgehead atoms. The summed E-state index contributed by atoms with van der Waals surface area (Å²) in [4.78, 5) is 23.2. The molecule has 5 rings (SSSR count). The molecule has 0 saturated heterocycles. The van der Waals surface area contributed by atoms with Gasteiger partial charge in [0.1, 0.15) is 5.65 Å². The van der Waals surface area contributed by atoms with E-state index in [4.69, 9.17) is 5.11 Å². The number of nitrogens with zero attached hydrogens (tertiary/aromatic N) is 2. The molecule has 29 heavy (non-hydrogen) atoms. The van der Waals surface area contributed by atoms with E-state index in [-0.39, 0.29) is 6.42 Å². The first-order valence-corrected chi connectivity index (χ1v) is 9.31. The van der Waals surface area contributed by atoms with Crippen LogP contribution in [0.25, 0.3) is 44.2 Å². The van der Waals surface area contributed by atoms with Gasteiger partial charge in [-0.05, 0) is 34.9 Å². The number of H-pyrrole nitrogens is 1. The number of fused-ring (bicyclic) bond motifs is 2. The summed E-state index contributed by atoms with van der Waals surface area (Å²) in [6.45, 7) is 0. The van der Waals surface area contributed by atoms with Crippen molar-refractivity contribution < 1.29 is 9.90 Å². The summed E-state index contributed by atoms with van der Waals surface area (Å²) in [6, 6.07) is 19.9. The van der Waals surface area contributed by atoms with E-state index in [9.17, 15) is 4.79 Å². The first-order chi connectivity index (χ1) is 14.2. The van der Waals surface area contributed by atoms with E-state index in [0.29, 0.717) is 0 Å². The zero-order valence-electron chi connectivity index (χ0n) is 15.5. The molecule has 2 aromatic carbocycles. The summed E-state index contributed by atoms with van der Waals surface area (Å²) >= 11 is 0. The molecule has 0 spiro atoms. The predicted octanol–water partition coefficient (Wildman–Crippen LogP) is 5.07. The van der Waals surface area contributed by atoms with Crippen LogP contribution in [0.5, 0.6) is 0 Å². The average Bonchev–Trinajstić information content (AvgIpc) is 3.17. The number of aliphatic carboxylic acids is 1. The molecule has 5 aromatic rings. The van der Waals surface area contributed by atoms with Crippen molar-refractivity contribution in [1.82, 2.24) is 15.0 Å². The lowest BCUT2D eigenvalue weighted by Crippen LogP contribution is -1.99. The van der Waals surface area contributed by atoms with Crippen LogP contribution < -0.4 is 0 Å². The van der Waals surface area contributed by atoms with Crippen LogP contribution in [0.1, 0.15) is 5.56 Å². The Hall–Kier alpha value is -3.99. The maximum Gasteiger partial charge on any atom is 0.307 e. The molecule has 3 aromatic heterocycles. The van der Waals surface area contributed by atoms with Crippen LogP contribution in [-0.2, 0) is 11.2 Å². The number of carboxylic acid groups (broad SMARTS) is 1. The van der Waals surface area contributed by atoms with Crippen molar-refractivity contribution in [3.05, 3.63) is 84.8 Å². The van der Waals surface area contributed by atoms with Gasteiger partial charge in [0.25, 0.3) is 0 Å². The normalized spacial score (nSPS) is 11.2. The van der Waals surface area contributed by atoms with E-state index in [1.165, 1.54) is 0 Å². The fourth-order valence-electron chi connectivity index (χ4n) is 3.72. The minimum Gasteiger partial charge on any atom is -0.481 e. The molecule has 0 radical (unpaired) electrons. The van der Waals surface area contributed by atoms with Crippen molar-refractivity contribution in [3.8, 4) is 22.3 Å². The number of nitrogens with one attached hydrogen (secondary N) is 1. The largest absolute Gasteiger partial charge is 0.481 e. The summed E-state index contributed by atoms with van der Waals surface area (Å²) in [7, 11) is 0. The molecule has 2 N–H and O–H groups in total. The van der Waals surface area contributed by atoms with E-state index >= 15 is 0 Å². The monoisotopic (exact) mass is 379 g/mol. The Kier molecular flexibility index (Phi) is 4.06. The summed E-state index contributed by atoms with van der Waals surface area (Å²) in [5, 5.41) is 11.1. The molecule has 5 nitrogen and oxygen atoms in total. The molecular formula is C24H17N3O2. The number of rotatable bonds is 4. The van der Waals surface area contributed by atoms with E-state index in [1.54, 1.807) is 6.20 Å². The second kappa shape index (κ2) is 6.87. The van der Waals surface area contributed by atoms with Gasteiger partial charge in [0.15, 0.2) is 0 Å². The van der Waals surface area contributed by atoms with Crippen LogP contribution in [-0.4, -0.2) is 26.0 Å². The van der Waals surface area contributed by atoms with Gasteiger partial charge in [-0.3, -0.25) is 9.78 Å². The quantitative estimate of drug-likeness (QED) is 0.457. The van der Waals surface area contributed by atoms with Gasteiger partial charge < -0.3 is 10.1 Å². The molecule has 0 atom stereocenters. The van der Waals surface area contributed by atoms with Crippen molar-refractivity contribution in [1.29, 1.82) is 0 Å². The fraction of sp³-hybridized carbons (Fsp3) is 0.0417. The third-order valence-electron chi connectivity index (χ3n) is 5.11. The Balaban J connectivity index is 1.61. The molecule has 0 aliphatic carbocycles. The van der Waals surface area contributed by atoms with Gasteiger partial charge in [-0.2, -0.15) is 0 Å². The highest BCUT2D eigenvalue weighted by Crippen LogP contribution is 2.33. The van der Waals surface area contributed by atoms with Gasteiger partial charge in [0.05, 0.1) is 11.9 Å². The zero-order chi connectivity index (χ0) is 19.8. The minimum atomic E-state index is -0.830. The molecule has 0 aliphatic rings. The highest BCUT2D eigenvalue weighted by atomic mass is 16.4. The van der Waals surface area contributed by atoms with Crippen LogP contribution in [0.3, 0.4) is 0 Å². The Morgan fingerprint density at radius 3 is 2.59 bits per heavy atom. The number of aromatic amines is 1. The van der Waals surface area contributed by atoms with E-state index in [0.717, 1.165) is 49.8 Å². The maximum absolute atomic E-state index is 10.9. The van der Waals surface area contributed by atoms with Gasteiger partial charge in [-0.15, -0.1) is 0 Å². The number of carbonyl (C=O) groups is 1. The highest BCUT2D eigenvalue weighted by molar-refractivity contribution is 6.00. The lowest BCUT2D eigenvalue weighted by Gasteiger charge is -2.07. The molecular weight excluding hydrogens is 362 g/mol. The molecule has 140 valence electrons. The first-order valence-electron chi connectivity index (χ1n) is 9.31. The van der Waals surface area contributed by atoms with Crippen LogP contribution in [0.2, 0.25) is 0 Å². The Morgan fingerprint density at radius 1 is 0.897 bits per heavy atom. The molecule has 5 heteroatoms. The minimum absolute atomic E-state index is 0.0228. The molecule has 0 aliphatic heterocycles. The third kappa shape index (κ3) is 3.12. The molecule has 0 saturated carbocycles. The van der Waals surface area contributed by atoms with Crippen LogP contribution in [0.15, 0.2) is 79.3 Å². The third-order valence-corrected chi connectivity index (χ3v) is 5.11. The van der Waals surface area contributed by atoms with Crippen molar-refractivity contribution in [2.75, 3.05) is 0 Å². The van der Waals surface area contributed by atoms with E-state index in [2.05, 4.69) is 33.2 Å². The van der Waals surface area contributed by atoms with Crippen LogP contribution >= 0.6 is 0 Å². The van der Waals surface area contributed by atoms with Crippen molar-refractivity contribution in [2.45, 2.75) is 6.42 Å². The molecule has 0 amide bonds. The Bertz CT molecular complexity index is 1350. The lowest BCUT2D eigenvalue weighted by molar-refractivity contribution is -0.136. The number of hydrogen-bond acceptors (Lipinski definition) is 3. The predicted molar refractivity (Wildman–Crippen MR) is 114 cm³/mol. The van der Waals surface area contributed by atoms with Crippen molar-refractivity contribution >= 4 is 27.9 Å².